The Morgan fingerprint density at radius 1 is 1.05 bits per heavy atom. The summed E-state index contributed by atoms with van der Waals surface area (Å²) in [5, 5.41) is 3.96. The molecular formula is C17H14N2O2. The maximum Gasteiger partial charge on any atom is 0.234 e. The van der Waals surface area contributed by atoms with Crippen LogP contribution in [-0.4, -0.2) is 15.9 Å². The average Bonchev–Trinajstić information content (AvgIpc) is 2.97. The fourth-order valence-corrected chi connectivity index (χ4v) is 2.12. The van der Waals surface area contributed by atoms with Crippen molar-refractivity contribution in [3.8, 4) is 11.4 Å². The lowest BCUT2D eigenvalue weighted by atomic mass is 10.1. The molecule has 0 N–H and O–H groups in total. The highest BCUT2D eigenvalue weighted by Crippen LogP contribution is 2.20. The Hall–Kier alpha value is -2.75. The maximum absolute atomic E-state index is 12.1. The van der Waals surface area contributed by atoms with E-state index in [2.05, 4.69) is 10.1 Å². The van der Waals surface area contributed by atoms with Gasteiger partial charge in [0.1, 0.15) is 0 Å². The van der Waals surface area contributed by atoms with Crippen LogP contribution in [0.2, 0.25) is 0 Å². The van der Waals surface area contributed by atoms with Crippen molar-refractivity contribution in [2.45, 2.75) is 13.3 Å². The number of carbonyl (C=O) groups is 1. The minimum Gasteiger partial charge on any atom is -0.338 e. The average molecular weight is 278 g/mol. The van der Waals surface area contributed by atoms with Crippen molar-refractivity contribution in [3.05, 3.63) is 71.6 Å². The van der Waals surface area contributed by atoms with E-state index < -0.39 is 0 Å². The molecule has 0 bridgehead atoms. The Balaban J connectivity index is 1.80. The molecule has 0 aliphatic carbocycles. The number of rotatable bonds is 4. The summed E-state index contributed by atoms with van der Waals surface area (Å²) in [5.74, 6) is 0.821. The summed E-state index contributed by atoms with van der Waals surface area (Å²) in [5.41, 5.74) is 2.63. The molecule has 3 aromatic rings. The molecule has 0 fully saturated rings. The van der Waals surface area contributed by atoms with Gasteiger partial charge in [-0.15, -0.1) is 0 Å². The van der Waals surface area contributed by atoms with Crippen molar-refractivity contribution >= 4 is 5.78 Å². The van der Waals surface area contributed by atoms with Crippen molar-refractivity contribution < 1.29 is 9.32 Å². The summed E-state index contributed by atoms with van der Waals surface area (Å²) >= 11 is 0. The minimum atomic E-state index is -0.0319. The molecule has 0 saturated heterocycles. The van der Waals surface area contributed by atoms with Crippen LogP contribution >= 0.6 is 0 Å². The topological polar surface area (TPSA) is 56.0 Å². The fraction of sp³-hybridized carbons (Fsp3) is 0.118. The molecule has 0 unspecified atom stereocenters. The van der Waals surface area contributed by atoms with Gasteiger partial charge in [-0.3, -0.25) is 4.79 Å². The number of Topliss-reactive ketones (excluding diaryl/α,β-unsaturated/α-hetero) is 1. The van der Waals surface area contributed by atoms with Gasteiger partial charge in [-0.25, -0.2) is 0 Å². The van der Waals surface area contributed by atoms with E-state index in [4.69, 9.17) is 4.52 Å². The third-order valence-corrected chi connectivity index (χ3v) is 3.26. The van der Waals surface area contributed by atoms with Crippen molar-refractivity contribution in [1.29, 1.82) is 0 Å². The zero-order valence-corrected chi connectivity index (χ0v) is 11.6. The summed E-state index contributed by atoms with van der Waals surface area (Å²) < 4.78 is 5.18. The van der Waals surface area contributed by atoms with E-state index >= 15 is 0 Å². The number of nitrogens with zero attached hydrogens (tertiary/aromatic N) is 2. The quantitative estimate of drug-likeness (QED) is 0.686. The zero-order valence-electron chi connectivity index (χ0n) is 11.6. The van der Waals surface area contributed by atoms with Gasteiger partial charge in [0, 0.05) is 11.1 Å². The summed E-state index contributed by atoms with van der Waals surface area (Å²) in [6.07, 6.45) is 0.114. The first-order valence-corrected chi connectivity index (χ1v) is 6.71. The number of ketones is 1. The molecule has 4 nitrogen and oxygen atoms in total. The van der Waals surface area contributed by atoms with E-state index in [1.54, 1.807) is 12.1 Å². The number of carbonyl (C=O) groups excluding carboxylic acids is 1. The second-order valence-corrected chi connectivity index (χ2v) is 4.79. The van der Waals surface area contributed by atoms with Crippen LogP contribution in [0, 0.1) is 6.92 Å². The van der Waals surface area contributed by atoms with E-state index in [-0.39, 0.29) is 12.2 Å². The van der Waals surface area contributed by atoms with Gasteiger partial charge in [0.15, 0.2) is 5.78 Å². The van der Waals surface area contributed by atoms with E-state index in [0.29, 0.717) is 17.3 Å². The molecule has 0 aliphatic rings. The Kier molecular flexibility index (Phi) is 3.60. The van der Waals surface area contributed by atoms with Gasteiger partial charge in [0.25, 0.3) is 0 Å². The molecule has 0 spiro atoms. The monoisotopic (exact) mass is 278 g/mol. The predicted octanol–water partition coefficient (Wildman–Crippen LogP) is 3.47. The van der Waals surface area contributed by atoms with Gasteiger partial charge in [0.2, 0.25) is 11.7 Å². The van der Waals surface area contributed by atoms with E-state index in [1.165, 1.54) is 0 Å². The fourth-order valence-electron chi connectivity index (χ4n) is 2.12. The van der Waals surface area contributed by atoms with E-state index in [1.807, 2.05) is 49.4 Å². The van der Waals surface area contributed by atoms with Crippen LogP contribution in [0.5, 0.6) is 0 Å². The SMILES string of the molecule is Cc1ccccc1-c1noc(CC(=O)c2ccccc2)n1. The highest BCUT2D eigenvalue weighted by molar-refractivity contribution is 5.97. The summed E-state index contributed by atoms with van der Waals surface area (Å²) in [6, 6.07) is 16.9. The highest BCUT2D eigenvalue weighted by atomic mass is 16.5. The Bertz CT molecular complexity index is 763. The molecule has 0 aliphatic heterocycles. The molecule has 0 atom stereocenters. The standard InChI is InChI=1S/C17H14N2O2/c1-12-7-5-6-10-14(12)17-18-16(21-19-17)11-15(20)13-8-3-2-4-9-13/h2-10H,11H2,1H3. The largest absolute Gasteiger partial charge is 0.338 e. The molecule has 0 saturated carbocycles. The molecule has 104 valence electrons. The van der Waals surface area contributed by atoms with Crippen LogP contribution in [0.15, 0.2) is 59.1 Å². The smallest absolute Gasteiger partial charge is 0.234 e. The first-order valence-electron chi connectivity index (χ1n) is 6.71. The molecule has 1 aromatic heterocycles. The van der Waals surface area contributed by atoms with Crippen molar-refractivity contribution in [2.24, 2.45) is 0 Å². The number of hydrogen-bond donors (Lipinski definition) is 0. The zero-order chi connectivity index (χ0) is 14.7. The first kappa shape index (κ1) is 13.2. The van der Waals surface area contributed by atoms with Crippen LogP contribution in [0.25, 0.3) is 11.4 Å². The normalized spacial score (nSPS) is 10.5. The van der Waals surface area contributed by atoms with Gasteiger partial charge in [-0.1, -0.05) is 59.8 Å². The molecule has 4 heteroatoms. The van der Waals surface area contributed by atoms with Gasteiger partial charge < -0.3 is 4.52 Å². The molecule has 2 aromatic carbocycles. The minimum absolute atomic E-state index is 0.0319. The maximum atomic E-state index is 12.1. The first-order chi connectivity index (χ1) is 10.2. The molecule has 0 radical (unpaired) electrons. The Morgan fingerprint density at radius 2 is 1.76 bits per heavy atom. The van der Waals surface area contributed by atoms with Crippen LogP contribution < -0.4 is 0 Å². The van der Waals surface area contributed by atoms with Crippen molar-refractivity contribution in [1.82, 2.24) is 10.1 Å². The Morgan fingerprint density at radius 3 is 2.52 bits per heavy atom. The van der Waals surface area contributed by atoms with Gasteiger partial charge in [-0.2, -0.15) is 4.98 Å². The van der Waals surface area contributed by atoms with Crippen LogP contribution in [-0.2, 0) is 6.42 Å². The second kappa shape index (κ2) is 5.71. The van der Waals surface area contributed by atoms with E-state index in [0.717, 1.165) is 11.1 Å². The van der Waals surface area contributed by atoms with Gasteiger partial charge >= 0.3 is 0 Å². The number of benzene rings is 2. The van der Waals surface area contributed by atoms with Crippen LogP contribution in [0.4, 0.5) is 0 Å². The lowest BCUT2D eigenvalue weighted by molar-refractivity contribution is 0.0983. The summed E-state index contributed by atoms with van der Waals surface area (Å²) in [4.78, 5) is 16.4. The van der Waals surface area contributed by atoms with Crippen molar-refractivity contribution in [3.63, 3.8) is 0 Å². The number of hydrogen-bond acceptors (Lipinski definition) is 4. The molecule has 1 heterocycles. The number of aryl methyl sites for hydroxylation is 1. The summed E-state index contributed by atoms with van der Waals surface area (Å²) in [6.45, 7) is 1.99. The van der Waals surface area contributed by atoms with Crippen LogP contribution in [0.3, 0.4) is 0 Å². The molecular weight excluding hydrogens is 264 g/mol. The lowest BCUT2D eigenvalue weighted by Gasteiger charge is -1.98. The molecule has 21 heavy (non-hydrogen) atoms. The summed E-state index contributed by atoms with van der Waals surface area (Å²) in [7, 11) is 0. The predicted molar refractivity (Wildman–Crippen MR) is 78.9 cm³/mol. The third-order valence-electron chi connectivity index (χ3n) is 3.26. The lowest BCUT2D eigenvalue weighted by Crippen LogP contribution is -2.03. The second-order valence-electron chi connectivity index (χ2n) is 4.79. The molecule has 3 rings (SSSR count). The third kappa shape index (κ3) is 2.89. The number of aromatic nitrogens is 2. The van der Waals surface area contributed by atoms with E-state index in [9.17, 15) is 4.79 Å². The Labute approximate surface area is 122 Å². The van der Waals surface area contributed by atoms with Crippen LogP contribution in [0.1, 0.15) is 21.8 Å². The van der Waals surface area contributed by atoms with Gasteiger partial charge in [-0.05, 0) is 12.5 Å². The molecule has 0 amide bonds. The van der Waals surface area contributed by atoms with Crippen molar-refractivity contribution in [2.75, 3.05) is 0 Å². The highest BCUT2D eigenvalue weighted by Gasteiger charge is 2.14. The van der Waals surface area contributed by atoms with Gasteiger partial charge in [0.05, 0.1) is 6.42 Å².